The van der Waals surface area contributed by atoms with Crippen LogP contribution in [0.15, 0.2) is 164 Å². The summed E-state index contributed by atoms with van der Waals surface area (Å²) < 4.78 is 2.33. The van der Waals surface area contributed by atoms with Crippen LogP contribution in [0.4, 0.5) is 0 Å². The van der Waals surface area contributed by atoms with Crippen molar-refractivity contribution in [1.82, 2.24) is 9.38 Å². The molecular weight excluding hydrogens is 617 g/mol. The molecule has 0 radical (unpaired) electrons. The van der Waals surface area contributed by atoms with Crippen molar-refractivity contribution in [2.24, 2.45) is 0 Å². The summed E-state index contributed by atoms with van der Waals surface area (Å²) in [6.45, 7) is 0. The van der Waals surface area contributed by atoms with Crippen LogP contribution in [0.1, 0.15) is 17.5 Å². The van der Waals surface area contributed by atoms with Crippen molar-refractivity contribution < 1.29 is 0 Å². The quantitative estimate of drug-likeness (QED) is 0.174. The number of para-hydroxylation sites is 1. The van der Waals surface area contributed by atoms with Crippen LogP contribution >= 0.6 is 0 Å². The molecule has 11 rings (SSSR count). The zero-order valence-electron chi connectivity index (χ0n) is 28.0. The summed E-state index contributed by atoms with van der Waals surface area (Å²) in [6.07, 6.45) is 6.78. The molecule has 2 nitrogen and oxygen atoms in total. The molecule has 8 aromatic carbocycles. The molecule has 0 saturated heterocycles. The topological polar surface area (TPSA) is 17.3 Å². The van der Waals surface area contributed by atoms with Crippen molar-refractivity contribution in [2.45, 2.75) is 12.8 Å². The maximum Gasteiger partial charge on any atom is 0.146 e. The summed E-state index contributed by atoms with van der Waals surface area (Å²) in [4.78, 5) is 5.27. The molecule has 2 aromatic heterocycles. The maximum absolute atomic E-state index is 5.27. The lowest BCUT2D eigenvalue weighted by atomic mass is 9.80. The number of imidazole rings is 1. The zero-order valence-corrected chi connectivity index (χ0v) is 28.0. The first-order chi connectivity index (χ1) is 25.3. The molecule has 0 amide bonds. The average molecular weight is 649 g/mol. The highest BCUT2D eigenvalue weighted by Gasteiger charge is 2.22. The molecule has 0 bridgehead atoms. The summed E-state index contributed by atoms with van der Waals surface area (Å²) in [5.74, 6) is 0. The Hall–Kier alpha value is -6.51. The van der Waals surface area contributed by atoms with Gasteiger partial charge in [-0.15, -0.1) is 0 Å². The first-order valence-corrected chi connectivity index (χ1v) is 17.9. The van der Waals surface area contributed by atoms with Crippen LogP contribution in [0, 0.1) is 0 Å². The van der Waals surface area contributed by atoms with Crippen molar-refractivity contribution in [3.05, 3.63) is 175 Å². The van der Waals surface area contributed by atoms with Crippen LogP contribution in [-0.4, -0.2) is 9.38 Å². The summed E-state index contributed by atoms with van der Waals surface area (Å²) >= 11 is 0. The molecule has 10 aromatic rings. The van der Waals surface area contributed by atoms with Gasteiger partial charge >= 0.3 is 0 Å². The van der Waals surface area contributed by atoms with Crippen molar-refractivity contribution >= 4 is 66.0 Å². The van der Waals surface area contributed by atoms with E-state index in [-0.39, 0.29) is 0 Å². The molecular formula is C49H32N2. The minimum absolute atomic E-state index is 1.00. The Kier molecular flexibility index (Phi) is 6.11. The van der Waals surface area contributed by atoms with Gasteiger partial charge in [0.25, 0.3) is 0 Å². The van der Waals surface area contributed by atoms with E-state index < -0.39 is 0 Å². The summed E-state index contributed by atoms with van der Waals surface area (Å²) in [5.41, 5.74) is 14.7. The van der Waals surface area contributed by atoms with Crippen LogP contribution in [0.5, 0.6) is 0 Å². The monoisotopic (exact) mass is 648 g/mol. The molecule has 0 saturated carbocycles. The molecule has 2 heterocycles. The molecule has 51 heavy (non-hydrogen) atoms. The minimum Gasteiger partial charge on any atom is -0.292 e. The van der Waals surface area contributed by atoms with Gasteiger partial charge in [0, 0.05) is 10.8 Å². The Morgan fingerprint density at radius 3 is 2.00 bits per heavy atom. The predicted octanol–water partition coefficient (Wildman–Crippen LogP) is 13.1. The number of aromatic nitrogens is 2. The molecule has 0 spiro atoms. The third kappa shape index (κ3) is 4.26. The minimum atomic E-state index is 1.00. The molecule has 2 heteroatoms. The molecule has 238 valence electrons. The summed E-state index contributed by atoms with van der Waals surface area (Å²) in [6, 6.07) is 57.8. The van der Waals surface area contributed by atoms with Gasteiger partial charge in [-0.25, -0.2) is 4.98 Å². The number of allylic oxidation sites excluding steroid dienone is 1. The standard InChI is InChI=1S/C49H32N2/c1-2-13-32-28-36(25-24-31(32)12-1)48-41-20-6-4-18-39(41)47(40-19-5-7-21-42(40)48)35-15-11-14-33(29-35)34-26-27-46-44(30-34)50-49-43-22-8-3-16-37(43)38-17-9-10-23-45(38)51(46)49/h1-4,6-18,20-30H,5,19H2. The van der Waals surface area contributed by atoms with Gasteiger partial charge in [0.15, 0.2) is 0 Å². The lowest BCUT2D eigenvalue weighted by Gasteiger charge is -2.24. The third-order valence-corrected chi connectivity index (χ3v) is 11.0. The van der Waals surface area contributed by atoms with E-state index in [0.717, 1.165) is 29.5 Å². The zero-order chi connectivity index (χ0) is 33.5. The Bertz CT molecular complexity index is 3090. The van der Waals surface area contributed by atoms with Crippen molar-refractivity contribution in [3.63, 3.8) is 0 Å². The molecule has 0 atom stereocenters. The predicted molar refractivity (Wildman–Crippen MR) is 216 cm³/mol. The second-order valence-electron chi connectivity index (χ2n) is 13.8. The van der Waals surface area contributed by atoms with E-state index in [4.69, 9.17) is 4.98 Å². The van der Waals surface area contributed by atoms with Gasteiger partial charge in [-0.3, -0.25) is 4.40 Å². The van der Waals surface area contributed by atoms with Crippen LogP contribution in [0.25, 0.3) is 99.4 Å². The van der Waals surface area contributed by atoms with E-state index in [1.54, 1.807) is 0 Å². The number of benzene rings is 8. The number of nitrogens with zero attached hydrogens (tertiary/aromatic N) is 2. The molecule has 1 aliphatic carbocycles. The first-order valence-electron chi connectivity index (χ1n) is 17.9. The number of pyridine rings is 1. The fraction of sp³-hybridized carbons (Fsp3) is 0.0408. The van der Waals surface area contributed by atoms with Crippen LogP contribution in [0.2, 0.25) is 0 Å². The fourth-order valence-electron chi connectivity index (χ4n) is 8.72. The summed E-state index contributed by atoms with van der Waals surface area (Å²) in [7, 11) is 0. The van der Waals surface area contributed by atoms with Gasteiger partial charge in [-0.05, 0) is 115 Å². The highest BCUT2D eigenvalue weighted by Crippen LogP contribution is 2.45. The van der Waals surface area contributed by atoms with E-state index in [1.165, 1.54) is 87.7 Å². The lowest BCUT2D eigenvalue weighted by molar-refractivity contribution is 0.991. The Labute approximate surface area is 295 Å². The Balaban J connectivity index is 1.11. The van der Waals surface area contributed by atoms with Crippen LogP contribution in [-0.2, 0) is 6.42 Å². The highest BCUT2D eigenvalue weighted by atomic mass is 15.0. The van der Waals surface area contributed by atoms with Crippen LogP contribution in [0.3, 0.4) is 0 Å². The fourth-order valence-corrected chi connectivity index (χ4v) is 8.72. The third-order valence-electron chi connectivity index (χ3n) is 11.0. The molecule has 0 N–H and O–H groups in total. The smallest absolute Gasteiger partial charge is 0.146 e. The van der Waals surface area contributed by atoms with Crippen molar-refractivity contribution in [3.8, 4) is 33.4 Å². The van der Waals surface area contributed by atoms with Crippen LogP contribution < -0.4 is 0 Å². The average Bonchev–Trinajstić information content (AvgIpc) is 3.59. The van der Waals surface area contributed by atoms with Gasteiger partial charge in [0.05, 0.1) is 16.6 Å². The Morgan fingerprint density at radius 1 is 0.451 bits per heavy atom. The van der Waals surface area contributed by atoms with E-state index in [1.807, 2.05) is 0 Å². The van der Waals surface area contributed by atoms with E-state index >= 15 is 0 Å². The number of fused-ring (bicyclic) bond motifs is 11. The molecule has 0 unspecified atom stereocenters. The molecule has 0 fully saturated rings. The highest BCUT2D eigenvalue weighted by molar-refractivity contribution is 6.14. The second kappa shape index (κ2) is 11.0. The maximum atomic E-state index is 5.27. The van der Waals surface area contributed by atoms with Crippen molar-refractivity contribution in [2.75, 3.05) is 0 Å². The van der Waals surface area contributed by atoms with Gasteiger partial charge in [-0.2, -0.15) is 0 Å². The first kappa shape index (κ1) is 28.3. The van der Waals surface area contributed by atoms with E-state index in [0.29, 0.717) is 0 Å². The number of hydrogen-bond acceptors (Lipinski definition) is 1. The van der Waals surface area contributed by atoms with Crippen molar-refractivity contribution in [1.29, 1.82) is 0 Å². The van der Waals surface area contributed by atoms with Gasteiger partial charge in [0.2, 0.25) is 0 Å². The SMILES string of the molecule is C1=Cc2c(c(-c3cccc(-c4ccc5c(c4)nc4c6ccccc6c6ccccc6n54)c3)c3ccccc3c2-c2ccc3ccccc3c2)CC1. The molecule has 1 aliphatic rings. The van der Waals surface area contributed by atoms with Gasteiger partial charge in [0.1, 0.15) is 5.65 Å². The number of hydrogen-bond donors (Lipinski definition) is 0. The second-order valence-corrected chi connectivity index (χ2v) is 13.8. The van der Waals surface area contributed by atoms with Gasteiger partial charge in [-0.1, -0.05) is 140 Å². The van der Waals surface area contributed by atoms with E-state index in [9.17, 15) is 0 Å². The largest absolute Gasteiger partial charge is 0.292 e. The number of rotatable bonds is 3. The normalized spacial score (nSPS) is 12.9. The lowest BCUT2D eigenvalue weighted by Crippen LogP contribution is -2.02. The summed E-state index contributed by atoms with van der Waals surface area (Å²) in [5, 5.41) is 8.80. The van der Waals surface area contributed by atoms with Gasteiger partial charge < -0.3 is 0 Å². The molecule has 0 aliphatic heterocycles. The Morgan fingerprint density at radius 2 is 1.12 bits per heavy atom. The van der Waals surface area contributed by atoms with E-state index in [2.05, 4.69) is 174 Å².